The van der Waals surface area contributed by atoms with Crippen molar-refractivity contribution in [2.24, 2.45) is 0 Å². The highest BCUT2D eigenvalue weighted by Crippen LogP contribution is 2.15. The molecule has 69 heavy (non-hydrogen) atoms. The van der Waals surface area contributed by atoms with E-state index in [0.29, 0.717) is 23.9 Å². The minimum Gasteiger partial charge on any atom is -0.545 e. The maximum Gasteiger partial charge on any atom is 0.306 e. The van der Waals surface area contributed by atoms with Crippen molar-refractivity contribution in [1.82, 2.24) is 0 Å². The fourth-order valence-electron chi connectivity index (χ4n) is 7.40. The number of likely N-dealkylation sites (N-methyl/N-ethyl adjacent to an activating group) is 1. The Morgan fingerprint density at radius 1 is 0.449 bits per heavy atom. The number of carbonyl (C=O) groups excluding carboxylic acids is 3. The molecule has 0 saturated heterocycles. The number of carbonyl (C=O) groups is 3. The van der Waals surface area contributed by atoms with E-state index in [4.69, 9.17) is 18.9 Å². The fourth-order valence-corrected chi connectivity index (χ4v) is 7.40. The summed E-state index contributed by atoms with van der Waals surface area (Å²) < 4.78 is 22.6. The van der Waals surface area contributed by atoms with Gasteiger partial charge in [0.25, 0.3) is 0 Å². The standard InChI is InChI=1S/C60H103NO8/c1-6-8-10-12-14-16-17-18-19-20-21-22-23-24-25-26-27-28-29-30-31-32-33-34-35-36-37-38-39-40-41-43-45-47-49-51-58(63)69-56(55-68-60(59(64)65)66-53-52-61(3,4)5)54-67-57(62)50-48-46-44-42-15-13-11-9-7-2/h8,10,14,16,18-19,21-22,24-25,27-28,30-31,56,60H,6-7,9,11-13,15,17,20,23,26,29,32-55H2,1-5H3/b10-8-,16-14-,19-18-,22-21-,25-24-,28-27-,31-30-. The van der Waals surface area contributed by atoms with Crippen LogP contribution in [0.15, 0.2) is 85.1 Å². The first-order valence-corrected chi connectivity index (χ1v) is 27.7. The van der Waals surface area contributed by atoms with Gasteiger partial charge >= 0.3 is 11.9 Å². The van der Waals surface area contributed by atoms with Crippen LogP contribution < -0.4 is 5.11 Å². The second kappa shape index (κ2) is 50.8. The summed E-state index contributed by atoms with van der Waals surface area (Å²) in [5.41, 5.74) is 0. The van der Waals surface area contributed by atoms with Crippen molar-refractivity contribution in [3.05, 3.63) is 85.1 Å². The monoisotopic (exact) mass is 966 g/mol. The lowest BCUT2D eigenvalue weighted by atomic mass is 10.0. The molecule has 0 N–H and O–H groups in total. The van der Waals surface area contributed by atoms with E-state index in [1.54, 1.807) is 0 Å². The van der Waals surface area contributed by atoms with E-state index < -0.39 is 24.3 Å². The number of nitrogens with zero attached hydrogens (tertiary/aromatic N) is 1. The topological polar surface area (TPSA) is 111 Å². The molecule has 0 radical (unpaired) electrons. The van der Waals surface area contributed by atoms with Crippen LogP contribution in [-0.4, -0.2) is 82.3 Å². The average Bonchev–Trinajstić information content (AvgIpc) is 3.31. The highest BCUT2D eigenvalue weighted by molar-refractivity contribution is 5.70. The summed E-state index contributed by atoms with van der Waals surface area (Å²) in [5.74, 6) is -2.29. The van der Waals surface area contributed by atoms with E-state index in [2.05, 4.69) is 98.9 Å². The minimum atomic E-state index is -1.62. The van der Waals surface area contributed by atoms with Crippen molar-refractivity contribution in [3.63, 3.8) is 0 Å². The van der Waals surface area contributed by atoms with Gasteiger partial charge in [-0.1, -0.05) is 221 Å². The lowest BCUT2D eigenvalue weighted by Crippen LogP contribution is -2.44. The molecule has 2 atom stereocenters. The Hall–Kier alpha value is -3.53. The molecule has 0 aliphatic heterocycles. The summed E-state index contributed by atoms with van der Waals surface area (Å²) in [7, 11) is 5.91. The Morgan fingerprint density at radius 3 is 1.23 bits per heavy atom. The summed E-state index contributed by atoms with van der Waals surface area (Å²) in [6.07, 6.45) is 63.6. The molecule has 0 aromatic carbocycles. The summed E-state index contributed by atoms with van der Waals surface area (Å²) in [6.45, 7) is 4.60. The van der Waals surface area contributed by atoms with Gasteiger partial charge in [0.2, 0.25) is 0 Å². The molecule has 0 aromatic heterocycles. The van der Waals surface area contributed by atoms with Crippen LogP contribution in [0.1, 0.15) is 219 Å². The third kappa shape index (κ3) is 52.1. The quantitative estimate of drug-likeness (QED) is 0.0195. The van der Waals surface area contributed by atoms with Gasteiger partial charge in [0, 0.05) is 12.8 Å². The van der Waals surface area contributed by atoms with Crippen molar-refractivity contribution < 1.29 is 42.9 Å². The van der Waals surface area contributed by atoms with Gasteiger partial charge in [0.05, 0.1) is 40.3 Å². The van der Waals surface area contributed by atoms with Gasteiger partial charge in [-0.2, -0.15) is 0 Å². The molecule has 0 saturated carbocycles. The Labute approximate surface area is 423 Å². The van der Waals surface area contributed by atoms with Crippen LogP contribution in [0.3, 0.4) is 0 Å². The fraction of sp³-hybridized carbons (Fsp3) is 0.717. The number of hydrogen-bond donors (Lipinski definition) is 0. The number of esters is 2. The number of ether oxygens (including phenoxy) is 4. The van der Waals surface area contributed by atoms with E-state index in [0.717, 1.165) is 83.5 Å². The first kappa shape index (κ1) is 65.5. The smallest absolute Gasteiger partial charge is 0.306 e. The van der Waals surface area contributed by atoms with E-state index in [1.807, 2.05) is 21.1 Å². The average molecular weight is 966 g/mol. The van der Waals surface area contributed by atoms with Gasteiger partial charge in [-0.25, -0.2) is 0 Å². The number of aliphatic carboxylic acids is 1. The number of carboxylic acid groups (broad SMARTS) is 1. The van der Waals surface area contributed by atoms with Gasteiger partial charge in [-0.3, -0.25) is 9.59 Å². The number of allylic oxidation sites excluding steroid dienone is 14. The molecule has 0 aliphatic rings. The van der Waals surface area contributed by atoms with Crippen LogP contribution in [0.5, 0.6) is 0 Å². The van der Waals surface area contributed by atoms with Crippen LogP contribution in [0.25, 0.3) is 0 Å². The van der Waals surface area contributed by atoms with Crippen molar-refractivity contribution in [3.8, 4) is 0 Å². The first-order valence-electron chi connectivity index (χ1n) is 27.7. The molecule has 396 valence electrons. The number of rotatable bonds is 50. The van der Waals surface area contributed by atoms with Crippen molar-refractivity contribution in [2.75, 3.05) is 47.5 Å². The molecule has 0 rings (SSSR count). The number of hydrogen-bond acceptors (Lipinski definition) is 8. The molecule has 0 fully saturated rings. The van der Waals surface area contributed by atoms with Crippen molar-refractivity contribution >= 4 is 17.9 Å². The van der Waals surface area contributed by atoms with E-state index in [1.165, 1.54) is 103 Å². The predicted octanol–water partition coefficient (Wildman–Crippen LogP) is 14.7. The Kier molecular flexibility index (Phi) is 48.2. The van der Waals surface area contributed by atoms with Crippen LogP contribution in [-0.2, 0) is 33.3 Å². The van der Waals surface area contributed by atoms with Crippen LogP contribution in [0, 0.1) is 0 Å². The van der Waals surface area contributed by atoms with Gasteiger partial charge in [0.15, 0.2) is 12.4 Å². The molecule has 0 aliphatic carbocycles. The zero-order valence-electron chi connectivity index (χ0n) is 44.9. The predicted molar refractivity (Wildman–Crippen MR) is 288 cm³/mol. The van der Waals surface area contributed by atoms with Gasteiger partial charge in [0.1, 0.15) is 13.2 Å². The Balaban J connectivity index is 4.07. The Morgan fingerprint density at radius 2 is 0.826 bits per heavy atom. The van der Waals surface area contributed by atoms with Crippen molar-refractivity contribution in [1.29, 1.82) is 0 Å². The number of quaternary nitrogens is 1. The second-order valence-electron chi connectivity index (χ2n) is 19.5. The lowest BCUT2D eigenvalue weighted by Gasteiger charge is -2.26. The number of carboxylic acids is 1. The molecule has 0 spiro atoms. The molecule has 0 aromatic rings. The zero-order valence-corrected chi connectivity index (χ0v) is 44.9. The third-order valence-corrected chi connectivity index (χ3v) is 11.7. The van der Waals surface area contributed by atoms with Crippen LogP contribution in [0.4, 0.5) is 0 Å². The van der Waals surface area contributed by atoms with E-state index in [-0.39, 0.29) is 32.2 Å². The largest absolute Gasteiger partial charge is 0.545 e. The molecule has 0 amide bonds. The molecule has 9 heteroatoms. The molecular formula is C60H103NO8. The Bertz CT molecular complexity index is 1400. The second-order valence-corrected chi connectivity index (χ2v) is 19.5. The summed E-state index contributed by atoms with van der Waals surface area (Å²) in [4.78, 5) is 37.0. The van der Waals surface area contributed by atoms with Crippen LogP contribution >= 0.6 is 0 Å². The van der Waals surface area contributed by atoms with Gasteiger partial charge < -0.3 is 33.3 Å². The van der Waals surface area contributed by atoms with Gasteiger partial charge in [-0.05, 0) is 70.6 Å². The normalized spacial score (nSPS) is 13.5. The van der Waals surface area contributed by atoms with Crippen LogP contribution in [0.2, 0.25) is 0 Å². The molecule has 2 unspecified atom stereocenters. The highest BCUT2D eigenvalue weighted by Gasteiger charge is 2.22. The van der Waals surface area contributed by atoms with E-state index >= 15 is 0 Å². The SMILES string of the molecule is CC/C=C\C/C=C\C/C=C\C/C=C\C/C=C\C/C=C\C/C=C\CCCCCCCCCCCCCCCC(=O)OC(COC(=O)CCCCCCCCCCC)COC(OCC[N+](C)(C)C)C(=O)[O-]. The maximum atomic E-state index is 12.8. The maximum absolute atomic E-state index is 12.8. The minimum absolute atomic E-state index is 0.146. The first-order chi connectivity index (χ1) is 33.6. The third-order valence-electron chi connectivity index (χ3n) is 11.7. The summed E-state index contributed by atoms with van der Waals surface area (Å²) in [6, 6.07) is 0. The molecule has 9 nitrogen and oxygen atoms in total. The molecule has 0 heterocycles. The molecular weight excluding hydrogens is 863 g/mol. The summed E-state index contributed by atoms with van der Waals surface area (Å²) >= 11 is 0. The number of unbranched alkanes of at least 4 members (excludes halogenated alkanes) is 21. The van der Waals surface area contributed by atoms with Gasteiger partial charge in [-0.15, -0.1) is 0 Å². The summed E-state index contributed by atoms with van der Waals surface area (Å²) in [5, 5.41) is 11.7. The zero-order chi connectivity index (χ0) is 50.6. The van der Waals surface area contributed by atoms with E-state index in [9.17, 15) is 19.5 Å². The molecule has 0 bridgehead atoms. The highest BCUT2D eigenvalue weighted by atomic mass is 16.7. The van der Waals surface area contributed by atoms with Crippen molar-refractivity contribution in [2.45, 2.75) is 232 Å². The lowest BCUT2D eigenvalue weighted by molar-refractivity contribution is -0.870.